The van der Waals surface area contributed by atoms with Gasteiger partial charge in [0, 0.05) is 0 Å². The van der Waals surface area contributed by atoms with E-state index in [4.69, 9.17) is 0 Å². The Morgan fingerprint density at radius 1 is 1.60 bits per heavy atom. The normalized spacial score (nSPS) is 7.80. The molecule has 0 atom stereocenters. The summed E-state index contributed by atoms with van der Waals surface area (Å²) in [6, 6.07) is 0. The summed E-state index contributed by atoms with van der Waals surface area (Å²) in [5.41, 5.74) is 0. The van der Waals surface area contributed by atoms with Crippen molar-refractivity contribution in [2.45, 2.75) is 0 Å². The van der Waals surface area contributed by atoms with Crippen LogP contribution in [0.2, 0.25) is 0 Å². The zero-order valence-corrected chi connectivity index (χ0v) is 4.33. The third kappa shape index (κ3) is 4.29. The molecule has 0 aliphatic carbocycles. The van der Waals surface area contributed by atoms with E-state index in [1.54, 1.807) is 0 Å². The molecule has 0 aliphatic rings. The minimum absolute atomic E-state index is 0.279. The van der Waals surface area contributed by atoms with Crippen LogP contribution in [-0.4, -0.2) is 20.2 Å². The third-order valence-corrected chi connectivity index (χ3v) is 0.632. The van der Waals surface area contributed by atoms with Gasteiger partial charge in [-0.3, -0.25) is 0 Å². The predicted octanol–water partition coefficient (Wildman–Crippen LogP) is 0.693. The molecule has 0 aromatic carbocycles. The topological polar surface area (TPSA) is 17.1 Å². The molecule has 28 valence electrons. The molecule has 0 unspecified atom stereocenters. The van der Waals surface area contributed by atoms with E-state index in [1.165, 1.54) is 0 Å². The van der Waals surface area contributed by atoms with Crippen molar-refractivity contribution in [2.75, 3.05) is 13.3 Å². The fourth-order valence-corrected chi connectivity index (χ4v) is 0. The second-order valence-electron chi connectivity index (χ2n) is 1.07. The van der Waals surface area contributed by atoms with Gasteiger partial charge in [0.25, 0.3) is 0 Å². The molecule has 0 fully saturated rings. The van der Waals surface area contributed by atoms with E-state index in [-0.39, 0.29) is 7.80 Å². The first-order valence-corrected chi connectivity index (χ1v) is 3.69. The Morgan fingerprint density at radius 2 is 1.80 bits per heavy atom. The second kappa shape index (κ2) is 2.53. The molecule has 0 saturated carbocycles. The van der Waals surface area contributed by atoms with Gasteiger partial charge in [-0.1, -0.05) is 0 Å². The molecule has 0 aromatic rings. The van der Waals surface area contributed by atoms with Crippen molar-refractivity contribution in [1.29, 1.82) is 0 Å². The summed E-state index contributed by atoms with van der Waals surface area (Å²) < 4.78 is 9.53. The Labute approximate surface area is 33.7 Å². The Hall–Kier alpha value is 0.295. The van der Waals surface area contributed by atoms with Crippen LogP contribution >= 0.6 is 7.80 Å². The monoisotopic (exact) mass is 88.0 g/mol. The zero-order chi connectivity index (χ0) is 4.28. The summed E-state index contributed by atoms with van der Waals surface area (Å²) in [5.74, 6) is 0. The zero-order valence-electron chi connectivity index (χ0n) is 3.43. The molecule has 0 amide bonds. The van der Waals surface area contributed by atoms with Gasteiger partial charge in [0.15, 0.2) is 0 Å². The van der Waals surface area contributed by atoms with E-state index < -0.39 is 0 Å². The molecule has 0 rings (SSSR count). The van der Waals surface area contributed by atoms with Crippen LogP contribution in [0.15, 0.2) is 0 Å². The van der Waals surface area contributed by atoms with E-state index >= 15 is 0 Å². The molecule has 0 saturated heterocycles. The van der Waals surface area contributed by atoms with Gasteiger partial charge in [-0.25, -0.2) is 0 Å². The number of rotatable bonds is 1. The molecule has 5 heavy (non-hydrogen) atoms. The first-order chi connectivity index (χ1) is 2.27. The Balaban J connectivity index is 2.83. The Kier molecular flexibility index (Phi) is 2.68. The summed E-state index contributed by atoms with van der Waals surface area (Å²) in [5, 5.41) is 0. The van der Waals surface area contributed by atoms with E-state index in [0.29, 0.717) is 0 Å². The van der Waals surface area contributed by atoms with Crippen molar-refractivity contribution in [2.24, 2.45) is 0 Å². The van der Waals surface area contributed by atoms with Crippen LogP contribution in [0.5, 0.6) is 0 Å². The Morgan fingerprint density at radius 3 is 1.80 bits per heavy atom. The number of hydrogen-bond acceptors (Lipinski definition) is 1. The van der Waals surface area contributed by atoms with E-state index in [2.05, 4.69) is 0 Å². The number of hydrogen-bond donors (Lipinski definition) is 0. The molecular weight excluding hydrogens is 81.8 g/mol. The van der Waals surface area contributed by atoms with Crippen LogP contribution in [0.1, 0.15) is 0 Å². The van der Waals surface area contributed by atoms with Crippen LogP contribution < -0.4 is 0 Å². The first kappa shape index (κ1) is 5.29. The van der Waals surface area contributed by atoms with Crippen LogP contribution in [0, 0.1) is 0 Å². The van der Waals surface area contributed by atoms with Crippen molar-refractivity contribution in [1.82, 2.24) is 0 Å². The fourth-order valence-electron chi connectivity index (χ4n) is 0. The van der Waals surface area contributed by atoms with E-state index in [9.17, 15) is 4.70 Å². The SMILES string of the molecule is CP(C)B=O. The van der Waals surface area contributed by atoms with Crippen molar-refractivity contribution in [3.8, 4) is 0 Å². The Bertz CT molecular complexity index is 36.6. The molecule has 3 heteroatoms. The molecule has 0 radical (unpaired) electrons. The maximum atomic E-state index is 9.53. The van der Waals surface area contributed by atoms with Crippen molar-refractivity contribution >= 4 is 14.7 Å². The fraction of sp³-hybridized carbons (Fsp3) is 1.00. The molecule has 0 aromatic heterocycles. The van der Waals surface area contributed by atoms with Crippen molar-refractivity contribution < 1.29 is 4.70 Å². The maximum absolute atomic E-state index is 9.53. The van der Waals surface area contributed by atoms with Gasteiger partial charge in [0.1, 0.15) is 0 Å². The van der Waals surface area contributed by atoms with E-state index in [0.717, 1.165) is 6.87 Å². The molecule has 0 heterocycles. The molecule has 0 N–H and O–H groups in total. The quantitative estimate of drug-likeness (QED) is 0.340. The molecule has 0 spiro atoms. The van der Waals surface area contributed by atoms with E-state index in [1.807, 2.05) is 13.3 Å². The van der Waals surface area contributed by atoms with Crippen LogP contribution in [0.25, 0.3) is 0 Å². The first-order valence-electron chi connectivity index (χ1n) is 1.39. The van der Waals surface area contributed by atoms with Crippen molar-refractivity contribution in [3.63, 3.8) is 0 Å². The summed E-state index contributed by atoms with van der Waals surface area (Å²) in [4.78, 5) is 0. The summed E-state index contributed by atoms with van der Waals surface area (Å²) in [7, 11) is -0.279. The van der Waals surface area contributed by atoms with Crippen LogP contribution in [0.4, 0.5) is 0 Å². The van der Waals surface area contributed by atoms with Gasteiger partial charge in [0.05, 0.1) is 0 Å². The molecular formula is C2H6BOP. The van der Waals surface area contributed by atoms with Gasteiger partial charge < -0.3 is 0 Å². The third-order valence-electron chi connectivity index (χ3n) is 0.211. The van der Waals surface area contributed by atoms with Gasteiger partial charge in [0.2, 0.25) is 0 Å². The molecule has 0 aliphatic heterocycles. The predicted molar refractivity (Wildman–Crippen MR) is 25.2 cm³/mol. The van der Waals surface area contributed by atoms with Gasteiger partial charge >= 0.3 is 32.7 Å². The standard InChI is InChI=1S/C2H6BOP/c1-5(2)3-4/h1-2H3. The summed E-state index contributed by atoms with van der Waals surface area (Å²) in [6.07, 6.45) is 0. The van der Waals surface area contributed by atoms with Gasteiger partial charge in [-0.05, 0) is 0 Å². The molecule has 1 nitrogen and oxygen atoms in total. The van der Waals surface area contributed by atoms with Crippen LogP contribution in [0.3, 0.4) is 0 Å². The summed E-state index contributed by atoms with van der Waals surface area (Å²) >= 11 is 0. The average Bonchev–Trinajstić information content (AvgIpc) is 1.38. The minimum atomic E-state index is -0.279. The average molecular weight is 87.9 g/mol. The van der Waals surface area contributed by atoms with Gasteiger partial charge in [-0.15, -0.1) is 0 Å². The van der Waals surface area contributed by atoms with Gasteiger partial charge in [-0.2, -0.15) is 0 Å². The second-order valence-corrected chi connectivity index (χ2v) is 3.21. The molecule has 0 bridgehead atoms. The van der Waals surface area contributed by atoms with Crippen LogP contribution in [-0.2, 0) is 4.70 Å². The summed E-state index contributed by atoms with van der Waals surface area (Å²) in [6.45, 7) is 4.82. The van der Waals surface area contributed by atoms with Crippen molar-refractivity contribution in [3.05, 3.63) is 0 Å².